The van der Waals surface area contributed by atoms with Crippen LogP contribution in [0.3, 0.4) is 0 Å². The molecule has 2 amide bonds. The number of alkyl halides is 3. The minimum absolute atomic E-state index is 0.0248. The number of piperidine rings is 1. The third kappa shape index (κ3) is 4.79. The SMILES string of the molecule is O=C(Nc1ccc(C(F)(F)F)cc1F)C(=O)N1CCC(c2ccnc3ccc(F)cc23)CC1. The van der Waals surface area contributed by atoms with Crippen LogP contribution in [0.4, 0.5) is 27.6 Å². The van der Waals surface area contributed by atoms with Gasteiger partial charge in [-0.15, -0.1) is 0 Å². The minimum Gasteiger partial charge on any atom is -0.334 e. The van der Waals surface area contributed by atoms with Gasteiger partial charge >= 0.3 is 18.0 Å². The van der Waals surface area contributed by atoms with Gasteiger partial charge in [0.25, 0.3) is 0 Å². The highest BCUT2D eigenvalue weighted by Crippen LogP contribution is 2.33. The van der Waals surface area contributed by atoms with Crippen LogP contribution in [0.1, 0.15) is 29.9 Å². The second-order valence-electron chi connectivity index (χ2n) is 7.77. The summed E-state index contributed by atoms with van der Waals surface area (Å²) in [6.45, 7) is 0.483. The number of carbonyl (C=O) groups is 2. The summed E-state index contributed by atoms with van der Waals surface area (Å²) in [4.78, 5) is 30.3. The normalized spacial score (nSPS) is 15.0. The number of nitrogens with zero attached hydrogens (tertiary/aromatic N) is 2. The number of halogens is 5. The van der Waals surface area contributed by atoms with Crippen molar-refractivity contribution in [3.8, 4) is 0 Å². The largest absolute Gasteiger partial charge is 0.416 e. The average molecular weight is 463 g/mol. The lowest BCUT2D eigenvalue weighted by atomic mass is 9.87. The van der Waals surface area contributed by atoms with Crippen LogP contribution in [0, 0.1) is 11.6 Å². The van der Waals surface area contributed by atoms with E-state index >= 15 is 0 Å². The van der Waals surface area contributed by atoms with Gasteiger partial charge in [0.15, 0.2) is 0 Å². The Morgan fingerprint density at radius 2 is 1.73 bits per heavy atom. The number of carbonyl (C=O) groups excluding carboxylic acids is 2. The van der Waals surface area contributed by atoms with Gasteiger partial charge in [0.05, 0.1) is 16.8 Å². The first-order valence-corrected chi connectivity index (χ1v) is 10.1. The van der Waals surface area contributed by atoms with Crippen molar-refractivity contribution < 1.29 is 31.5 Å². The molecule has 10 heteroatoms. The van der Waals surface area contributed by atoms with Crippen LogP contribution in [-0.2, 0) is 15.8 Å². The molecule has 2 aromatic carbocycles. The number of amides is 2. The van der Waals surface area contributed by atoms with Crippen molar-refractivity contribution in [3.63, 3.8) is 0 Å². The predicted octanol–water partition coefficient (Wildman–Crippen LogP) is 4.88. The highest BCUT2D eigenvalue weighted by molar-refractivity contribution is 6.39. The molecule has 172 valence electrons. The third-order valence-corrected chi connectivity index (χ3v) is 5.70. The Morgan fingerprint density at radius 1 is 1.00 bits per heavy atom. The van der Waals surface area contributed by atoms with Crippen molar-refractivity contribution in [2.45, 2.75) is 24.9 Å². The molecule has 1 fully saturated rings. The van der Waals surface area contributed by atoms with E-state index in [9.17, 15) is 31.5 Å². The highest BCUT2D eigenvalue weighted by atomic mass is 19.4. The number of rotatable bonds is 2. The Morgan fingerprint density at radius 3 is 2.39 bits per heavy atom. The van der Waals surface area contributed by atoms with Crippen LogP contribution < -0.4 is 5.32 Å². The zero-order valence-corrected chi connectivity index (χ0v) is 17.1. The predicted molar refractivity (Wildman–Crippen MR) is 110 cm³/mol. The zero-order chi connectivity index (χ0) is 23.8. The number of likely N-dealkylation sites (tertiary alicyclic amines) is 1. The van der Waals surface area contributed by atoms with Crippen LogP contribution in [-0.4, -0.2) is 34.8 Å². The van der Waals surface area contributed by atoms with Gasteiger partial charge in [-0.1, -0.05) is 0 Å². The Hall–Kier alpha value is -3.56. The van der Waals surface area contributed by atoms with Gasteiger partial charge in [-0.25, -0.2) is 8.78 Å². The van der Waals surface area contributed by atoms with Crippen LogP contribution in [0.25, 0.3) is 10.9 Å². The molecule has 0 saturated carbocycles. The molecule has 1 aliphatic heterocycles. The second kappa shape index (κ2) is 8.76. The average Bonchev–Trinajstić information content (AvgIpc) is 2.79. The third-order valence-electron chi connectivity index (χ3n) is 5.70. The lowest BCUT2D eigenvalue weighted by Gasteiger charge is -2.32. The summed E-state index contributed by atoms with van der Waals surface area (Å²) in [6, 6.07) is 7.80. The quantitative estimate of drug-likeness (QED) is 0.436. The van der Waals surface area contributed by atoms with E-state index in [1.54, 1.807) is 12.3 Å². The topological polar surface area (TPSA) is 62.3 Å². The molecule has 0 radical (unpaired) electrons. The summed E-state index contributed by atoms with van der Waals surface area (Å²) in [7, 11) is 0. The summed E-state index contributed by atoms with van der Waals surface area (Å²) in [5.74, 6) is -3.68. The number of hydrogen-bond acceptors (Lipinski definition) is 3. The number of aromatic nitrogens is 1. The number of fused-ring (bicyclic) bond motifs is 1. The van der Waals surface area contributed by atoms with E-state index < -0.39 is 35.1 Å². The van der Waals surface area contributed by atoms with E-state index in [2.05, 4.69) is 4.98 Å². The molecule has 1 aromatic heterocycles. The maximum atomic E-state index is 14.0. The number of pyridine rings is 1. The van der Waals surface area contributed by atoms with Gasteiger partial charge in [-0.2, -0.15) is 13.2 Å². The molecule has 1 aliphatic rings. The van der Waals surface area contributed by atoms with Gasteiger partial charge in [0.1, 0.15) is 11.6 Å². The Labute approximate surface area is 185 Å². The second-order valence-corrected chi connectivity index (χ2v) is 7.77. The summed E-state index contributed by atoms with van der Waals surface area (Å²) >= 11 is 0. The van der Waals surface area contributed by atoms with Crippen molar-refractivity contribution in [1.29, 1.82) is 0 Å². The molecule has 0 bridgehead atoms. The van der Waals surface area contributed by atoms with E-state index in [0.717, 1.165) is 11.6 Å². The monoisotopic (exact) mass is 463 g/mol. The van der Waals surface area contributed by atoms with E-state index in [1.807, 2.05) is 11.4 Å². The molecule has 0 aliphatic carbocycles. The molecule has 33 heavy (non-hydrogen) atoms. The summed E-state index contributed by atoms with van der Waals surface area (Å²) < 4.78 is 65.7. The molecule has 1 saturated heterocycles. The van der Waals surface area contributed by atoms with Gasteiger partial charge in [0, 0.05) is 24.7 Å². The van der Waals surface area contributed by atoms with Crippen molar-refractivity contribution in [1.82, 2.24) is 9.88 Å². The highest BCUT2D eigenvalue weighted by Gasteiger charge is 2.32. The standard InChI is InChI=1S/C23H18F5N3O2/c24-15-2-4-19-17(12-15)16(5-8-29-19)13-6-9-31(10-7-13)22(33)21(32)30-20-3-1-14(11-18(20)25)23(26,27)28/h1-5,8,11-13H,6-7,9-10H2,(H,30,32). The number of nitrogens with one attached hydrogen (secondary N) is 1. The molecule has 5 nitrogen and oxygen atoms in total. The minimum atomic E-state index is -4.73. The molecule has 4 rings (SSSR count). The maximum Gasteiger partial charge on any atom is 0.416 e. The van der Waals surface area contributed by atoms with Crippen molar-refractivity contribution in [2.24, 2.45) is 0 Å². The van der Waals surface area contributed by atoms with Crippen LogP contribution in [0.15, 0.2) is 48.7 Å². The molecular formula is C23H18F5N3O2. The first-order chi connectivity index (χ1) is 15.6. The van der Waals surface area contributed by atoms with E-state index in [1.165, 1.54) is 17.0 Å². The smallest absolute Gasteiger partial charge is 0.334 e. The fourth-order valence-electron chi connectivity index (χ4n) is 4.00. The fourth-order valence-corrected chi connectivity index (χ4v) is 4.00. The number of anilines is 1. The Kier molecular flexibility index (Phi) is 6.01. The first kappa shape index (κ1) is 22.6. The fraction of sp³-hybridized carbons (Fsp3) is 0.261. The van der Waals surface area contributed by atoms with E-state index in [4.69, 9.17) is 0 Å². The molecule has 1 N–H and O–H groups in total. The van der Waals surface area contributed by atoms with Crippen molar-refractivity contribution in [2.75, 3.05) is 18.4 Å². The van der Waals surface area contributed by atoms with E-state index in [0.29, 0.717) is 29.8 Å². The van der Waals surface area contributed by atoms with Crippen LogP contribution in [0.2, 0.25) is 0 Å². The van der Waals surface area contributed by atoms with Crippen LogP contribution >= 0.6 is 0 Å². The molecular weight excluding hydrogens is 445 g/mol. The summed E-state index contributed by atoms with van der Waals surface area (Å²) in [6.07, 6.45) is -2.05. The lowest BCUT2D eigenvalue weighted by molar-refractivity contribution is -0.143. The number of benzene rings is 2. The van der Waals surface area contributed by atoms with Gasteiger partial charge < -0.3 is 10.2 Å². The molecule has 3 aromatic rings. The zero-order valence-electron chi connectivity index (χ0n) is 17.1. The van der Waals surface area contributed by atoms with Crippen molar-refractivity contribution >= 4 is 28.4 Å². The molecule has 0 unspecified atom stereocenters. The van der Waals surface area contributed by atoms with Gasteiger partial charge in [0.2, 0.25) is 0 Å². The Bertz CT molecular complexity index is 1220. The number of hydrogen-bond donors (Lipinski definition) is 1. The van der Waals surface area contributed by atoms with Gasteiger partial charge in [-0.3, -0.25) is 14.6 Å². The summed E-state index contributed by atoms with van der Waals surface area (Å²) in [5.41, 5.74) is -0.148. The lowest BCUT2D eigenvalue weighted by Crippen LogP contribution is -2.44. The summed E-state index contributed by atoms with van der Waals surface area (Å²) in [5, 5.41) is 2.73. The molecule has 0 atom stereocenters. The van der Waals surface area contributed by atoms with Gasteiger partial charge in [-0.05, 0) is 66.8 Å². The first-order valence-electron chi connectivity index (χ1n) is 10.1. The maximum absolute atomic E-state index is 14.0. The molecule has 0 spiro atoms. The Balaban J connectivity index is 1.41. The molecule has 2 heterocycles. The van der Waals surface area contributed by atoms with Crippen LogP contribution in [0.5, 0.6) is 0 Å². The van der Waals surface area contributed by atoms with E-state index in [-0.39, 0.29) is 30.9 Å². The van der Waals surface area contributed by atoms with Crippen molar-refractivity contribution in [3.05, 3.63) is 71.4 Å².